The molecule has 1 radical (unpaired) electrons. The van der Waals surface area contributed by atoms with Crippen LogP contribution in [0.15, 0.2) is 109 Å². The normalized spacial score (nSPS) is 10.4. The van der Waals surface area contributed by atoms with E-state index in [0.717, 1.165) is 0 Å². The quantitative estimate of drug-likeness (QED) is 0.185. The van der Waals surface area contributed by atoms with Crippen LogP contribution in [0.4, 0.5) is 0 Å². The molecule has 0 aromatic heterocycles. The van der Waals surface area contributed by atoms with E-state index in [1.165, 1.54) is 10.4 Å². The number of hydrogen-bond acceptors (Lipinski definition) is 0. The first-order valence-electron chi connectivity index (χ1n) is 11.4. The topological polar surface area (TPSA) is 0 Å². The molecule has 0 nitrogen and oxygen atoms in total. The molecule has 0 aliphatic heterocycles. The van der Waals surface area contributed by atoms with Crippen LogP contribution in [0.3, 0.4) is 0 Å². The molecule has 0 bridgehead atoms. The molecule has 4 rings (SSSR count). The minimum absolute atomic E-state index is 0.271. The average molecular weight is 620 g/mol. The van der Waals surface area contributed by atoms with Crippen LogP contribution in [0.2, 0.25) is 39.3 Å². The second kappa shape index (κ2) is 16.8. The van der Waals surface area contributed by atoms with E-state index in [2.05, 4.69) is 148 Å². The zero-order chi connectivity index (χ0) is 25.5. The Hall–Kier alpha value is -0.746. The van der Waals surface area contributed by atoms with Gasteiger partial charge in [0.25, 0.3) is 0 Å². The molecule has 179 valence electrons. The minimum atomic E-state index is -0.981. The van der Waals surface area contributed by atoms with Crippen LogP contribution >= 0.6 is 17.0 Å². The number of benzene rings is 2. The van der Waals surface area contributed by atoms with E-state index in [1.54, 1.807) is 10.4 Å². The van der Waals surface area contributed by atoms with Crippen molar-refractivity contribution < 1.29 is 20.8 Å². The van der Waals surface area contributed by atoms with Crippen molar-refractivity contribution in [2.75, 3.05) is 0 Å². The van der Waals surface area contributed by atoms with Gasteiger partial charge in [0.15, 0.2) is 0 Å². The van der Waals surface area contributed by atoms with Crippen molar-refractivity contribution >= 4 is 63.4 Å². The van der Waals surface area contributed by atoms with E-state index < -0.39 is 37.0 Å². The summed E-state index contributed by atoms with van der Waals surface area (Å²) in [7, 11) is 8.18. The third-order valence-electron chi connectivity index (χ3n) is 4.99. The molecule has 0 heterocycles. The van der Waals surface area contributed by atoms with Gasteiger partial charge in [0.2, 0.25) is 0 Å². The molecule has 34 heavy (non-hydrogen) atoms. The van der Waals surface area contributed by atoms with Gasteiger partial charge in [0.1, 0.15) is 9.52 Å². The molecule has 0 fully saturated rings. The van der Waals surface area contributed by atoms with E-state index in [4.69, 9.17) is 17.0 Å². The van der Waals surface area contributed by atoms with Crippen molar-refractivity contribution in [1.29, 1.82) is 0 Å². The summed E-state index contributed by atoms with van der Waals surface area (Å²) in [6.07, 6.45) is 0. The second-order valence-electron chi connectivity index (χ2n) is 9.88. The molecular formula is C28H37Cl2Si3Zr. The smallest absolute Gasteiger partial charge is 0.0632 e. The van der Waals surface area contributed by atoms with E-state index in [9.17, 15) is 0 Å². The van der Waals surface area contributed by atoms with Gasteiger partial charge < -0.3 is 0 Å². The molecule has 0 amide bonds. The zero-order valence-electron chi connectivity index (χ0n) is 21.2. The summed E-state index contributed by atoms with van der Waals surface area (Å²) in [4.78, 5) is 0. The molecule has 0 saturated heterocycles. The molecule has 0 aliphatic carbocycles. The Balaban J connectivity index is 0.000000247. The standard InChI is InChI=1S/C12H11Si.2C8H13Si.2ClH.Zr/c1-3-7-11(8-4-1)13-12-9-5-2-6-10-12;2*1-9(2,3)8-6-4-5-7-8;;;/h1-10,13H;2*4-7H,1-3H3;2*1H;/q;2*-1;;;+4/p-2. The molecule has 0 unspecified atom stereocenters. The van der Waals surface area contributed by atoms with E-state index >= 15 is 0 Å². The Kier molecular flexibility index (Phi) is 15.5. The zero-order valence-corrected chi connectivity index (χ0v) is 28.4. The fraction of sp³-hybridized carbons (Fsp3) is 0.214. The van der Waals surface area contributed by atoms with Crippen molar-refractivity contribution in [3.8, 4) is 0 Å². The van der Waals surface area contributed by atoms with Gasteiger partial charge in [-0.05, 0) is 0 Å². The molecule has 6 heteroatoms. The van der Waals surface area contributed by atoms with Gasteiger partial charge >= 0.3 is 37.9 Å². The first-order chi connectivity index (χ1) is 16.1. The predicted octanol–water partition coefficient (Wildman–Crippen LogP) is 6.35. The van der Waals surface area contributed by atoms with Gasteiger partial charge in [-0.2, -0.15) is 36.4 Å². The van der Waals surface area contributed by atoms with E-state index in [1.807, 2.05) is 0 Å². The summed E-state index contributed by atoms with van der Waals surface area (Å²) >= 11 is -0.826. The van der Waals surface area contributed by atoms with Crippen LogP contribution in [0.5, 0.6) is 0 Å². The number of hydrogen-bond donors (Lipinski definition) is 0. The largest absolute Gasteiger partial charge is 0.103 e. The van der Waals surface area contributed by atoms with Crippen molar-refractivity contribution in [3.05, 3.63) is 109 Å². The molecule has 4 aromatic carbocycles. The van der Waals surface area contributed by atoms with Gasteiger partial charge in [-0.3, -0.25) is 0 Å². The van der Waals surface area contributed by atoms with Gasteiger partial charge in [0.05, 0.1) is 0 Å². The molecule has 0 aliphatic rings. The van der Waals surface area contributed by atoms with Crippen LogP contribution in [0, 0.1) is 0 Å². The first-order valence-corrected chi connectivity index (χ1v) is 25.9. The Labute approximate surface area is 231 Å². The van der Waals surface area contributed by atoms with Gasteiger partial charge in [-0.1, -0.05) is 110 Å². The first kappa shape index (κ1) is 31.3. The second-order valence-corrected chi connectivity index (χ2v) is 25.4. The van der Waals surface area contributed by atoms with Crippen molar-refractivity contribution in [3.63, 3.8) is 0 Å². The van der Waals surface area contributed by atoms with Crippen LogP contribution < -0.4 is 20.7 Å². The van der Waals surface area contributed by atoms with Gasteiger partial charge in [-0.15, -0.1) is 0 Å². The Morgan fingerprint density at radius 2 is 0.912 bits per heavy atom. The minimum Gasteiger partial charge on any atom is -0.0632 e. The van der Waals surface area contributed by atoms with Crippen LogP contribution in [0.1, 0.15) is 0 Å². The Bertz CT molecular complexity index is 892. The molecule has 0 N–H and O–H groups in total. The average Bonchev–Trinajstić information content (AvgIpc) is 3.51. The van der Waals surface area contributed by atoms with Gasteiger partial charge in [-0.25, -0.2) is 22.5 Å². The molecule has 0 saturated carbocycles. The summed E-state index contributed by atoms with van der Waals surface area (Å²) in [5.41, 5.74) is 0. The summed E-state index contributed by atoms with van der Waals surface area (Å²) in [5, 5.41) is 6.02. The SMILES string of the molecule is C[Si](C)(C)c1cc[cH-]c1.C[Si](C)(C)c1cc[cH-]c1.[Cl][Zr+2][Cl].c1ccc([SiH]c2ccccc2)cc1. The summed E-state index contributed by atoms with van der Waals surface area (Å²) in [6, 6.07) is 38.7. The van der Waals surface area contributed by atoms with E-state index in [0.29, 0.717) is 0 Å². The summed E-state index contributed by atoms with van der Waals surface area (Å²) < 4.78 is 0. The maximum atomic E-state index is 4.93. The monoisotopic (exact) mass is 617 g/mol. The van der Waals surface area contributed by atoms with Crippen molar-refractivity contribution in [2.24, 2.45) is 0 Å². The Morgan fingerprint density at radius 3 is 1.12 bits per heavy atom. The van der Waals surface area contributed by atoms with Crippen LogP contribution in [-0.2, 0) is 20.8 Å². The van der Waals surface area contributed by atoms with Crippen molar-refractivity contribution in [1.82, 2.24) is 0 Å². The van der Waals surface area contributed by atoms with E-state index in [-0.39, 0.29) is 9.52 Å². The van der Waals surface area contributed by atoms with Crippen LogP contribution in [0.25, 0.3) is 0 Å². The van der Waals surface area contributed by atoms with Crippen molar-refractivity contribution in [2.45, 2.75) is 39.3 Å². The molecular weight excluding hydrogens is 583 g/mol. The summed E-state index contributed by atoms with van der Waals surface area (Å²) in [5.74, 6) is 0. The molecule has 0 spiro atoms. The Morgan fingerprint density at radius 1 is 0.588 bits per heavy atom. The number of rotatable bonds is 4. The van der Waals surface area contributed by atoms with Gasteiger partial charge in [0, 0.05) is 16.1 Å². The maximum Gasteiger partial charge on any atom is 0.103 e. The fourth-order valence-electron chi connectivity index (χ4n) is 3.04. The molecule has 0 atom stereocenters. The number of halogens is 2. The predicted molar refractivity (Wildman–Crippen MR) is 161 cm³/mol. The third-order valence-corrected chi connectivity index (χ3v) is 10.6. The summed E-state index contributed by atoms with van der Waals surface area (Å²) in [6.45, 7) is 14.2. The van der Waals surface area contributed by atoms with Crippen LogP contribution in [-0.4, -0.2) is 25.7 Å². The fourth-order valence-corrected chi connectivity index (χ4v) is 6.64. The maximum absolute atomic E-state index is 4.93. The third kappa shape index (κ3) is 14.0. The molecule has 4 aromatic rings.